The Bertz CT molecular complexity index is 416. The summed E-state index contributed by atoms with van der Waals surface area (Å²) in [5, 5.41) is 3.38. The number of benzene rings is 1. The summed E-state index contributed by atoms with van der Waals surface area (Å²) in [6.45, 7) is 0.702. The SMILES string of the molecule is CNC(c1ccc(OC)cc1OC)C1(CN)CC1. The van der Waals surface area contributed by atoms with E-state index in [1.807, 2.05) is 19.2 Å². The van der Waals surface area contributed by atoms with Gasteiger partial charge in [-0.3, -0.25) is 0 Å². The molecule has 0 radical (unpaired) electrons. The average molecular weight is 250 g/mol. The van der Waals surface area contributed by atoms with E-state index >= 15 is 0 Å². The van der Waals surface area contributed by atoms with E-state index in [1.54, 1.807) is 14.2 Å². The Kier molecular flexibility index (Phi) is 3.78. The van der Waals surface area contributed by atoms with Gasteiger partial charge in [-0.1, -0.05) is 6.07 Å². The maximum atomic E-state index is 5.92. The van der Waals surface area contributed by atoms with Crippen molar-refractivity contribution in [3.63, 3.8) is 0 Å². The molecule has 0 amide bonds. The molecule has 0 aromatic heterocycles. The fourth-order valence-corrected chi connectivity index (χ4v) is 2.62. The van der Waals surface area contributed by atoms with Crippen molar-refractivity contribution < 1.29 is 9.47 Å². The molecule has 0 heterocycles. The van der Waals surface area contributed by atoms with E-state index in [1.165, 1.54) is 12.8 Å². The zero-order valence-corrected chi connectivity index (χ0v) is 11.3. The smallest absolute Gasteiger partial charge is 0.127 e. The van der Waals surface area contributed by atoms with E-state index in [9.17, 15) is 0 Å². The molecule has 1 aliphatic rings. The fraction of sp³-hybridized carbons (Fsp3) is 0.571. The fourth-order valence-electron chi connectivity index (χ4n) is 2.62. The van der Waals surface area contributed by atoms with Gasteiger partial charge in [-0.05, 0) is 32.5 Å². The summed E-state index contributed by atoms with van der Waals surface area (Å²) in [5.41, 5.74) is 7.27. The summed E-state index contributed by atoms with van der Waals surface area (Å²) in [5.74, 6) is 1.66. The predicted octanol–water partition coefficient (Wildman–Crippen LogP) is 1.70. The van der Waals surface area contributed by atoms with E-state index in [0.29, 0.717) is 6.54 Å². The van der Waals surface area contributed by atoms with Gasteiger partial charge in [-0.25, -0.2) is 0 Å². The van der Waals surface area contributed by atoms with Gasteiger partial charge in [-0.2, -0.15) is 0 Å². The zero-order valence-electron chi connectivity index (χ0n) is 11.3. The van der Waals surface area contributed by atoms with Crippen LogP contribution in [0.3, 0.4) is 0 Å². The summed E-state index contributed by atoms with van der Waals surface area (Å²) in [6, 6.07) is 6.19. The van der Waals surface area contributed by atoms with Crippen LogP contribution in [0, 0.1) is 5.41 Å². The summed E-state index contributed by atoms with van der Waals surface area (Å²) >= 11 is 0. The number of nitrogens with one attached hydrogen (secondary N) is 1. The molecule has 0 spiro atoms. The Balaban J connectivity index is 2.36. The maximum absolute atomic E-state index is 5.92. The number of methoxy groups -OCH3 is 2. The van der Waals surface area contributed by atoms with Crippen LogP contribution in [0.1, 0.15) is 24.4 Å². The van der Waals surface area contributed by atoms with Crippen LogP contribution in [-0.4, -0.2) is 27.8 Å². The molecule has 0 bridgehead atoms. The van der Waals surface area contributed by atoms with Crippen molar-refractivity contribution in [1.82, 2.24) is 5.32 Å². The standard InChI is InChI=1S/C14H22N2O2/c1-16-13(14(9-15)6-7-14)11-5-4-10(17-2)8-12(11)18-3/h4-5,8,13,16H,6-7,9,15H2,1-3H3. The second-order valence-corrected chi connectivity index (χ2v) is 4.90. The first kappa shape index (κ1) is 13.2. The van der Waals surface area contributed by atoms with Crippen LogP contribution in [0.25, 0.3) is 0 Å². The lowest BCUT2D eigenvalue weighted by molar-refractivity contribution is 0.340. The number of hydrogen-bond donors (Lipinski definition) is 2. The number of nitrogens with two attached hydrogens (primary N) is 1. The van der Waals surface area contributed by atoms with E-state index in [2.05, 4.69) is 11.4 Å². The van der Waals surface area contributed by atoms with Crippen LogP contribution < -0.4 is 20.5 Å². The molecule has 1 fully saturated rings. The quantitative estimate of drug-likeness (QED) is 0.807. The van der Waals surface area contributed by atoms with Gasteiger partial charge in [-0.15, -0.1) is 0 Å². The highest BCUT2D eigenvalue weighted by Gasteiger charge is 2.48. The molecule has 1 atom stereocenters. The van der Waals surface area contributed by atoms with Crippen LogP contribution in [0.15, 0.2) is 18.2 Å². The van der Waals surface area contributed by atoms with E-state index < -0.39 is 0 Å². The van der Waals surface area contributed by atoms with Crippen LogP contribution in [0.2, 0.25) is 0 Å². The third kappa shape index (κ3) is 2.18. The summed E-state index contributed by atoms with van der Waals surface area (Å²) in [6.07, 6.45) is 2.34. The molecule has 2 rings (SSSR count). The van der Waals surface area contributed by atoms with Crippen LogP contribution in [0.5, 0.6) is 11.5 Å². The average Bonchev–Trinajstić information content (AvgIpc) is 3.21. The minimum absolute atomic E-state index is 0.191. The molecule has 1 aromatic rings. The third-order valence-electron chi connectivity index (χ3n) is 3.95. The number of rotatable bonds is 6. The van der Waals surface area contributed by atoms with Gasteiger partial charge in [0, 0.05) is 23.1 Å². The minimum atomic E-state index is 0.191. The molecule has 1 unspecified atom stereocenters. The molecule has 0 aliphatic heterocycles. The normalized spacial score (nSPS) is 18.2. The third-order valence-corrected chi connectivity index (χ3v) is 3.95. The number of hydrogen-bond acceptors (Lipinski definition) is 4. The largest absolute Gasteiger partial charge is 0.497 e. The molecule has 0 saturated heterocycles. The van der Waals surface area contributed by atoms with Gasteiger partial charge in [0.05, 0.1) is 14.2 Å². The molecule has 4 heteroatoms. The van der Waals surface area contributed by atoms with Crippen molar-refractivity contribution in [3.05, 3.63) is 23.8 Å². The monoisotopic (exact) mass is 250 g/mol. The molecule has 4 nitrogen and oxygen atoms in total. The van der Waals surface area contributed by atoms with Gasteiger partial charge in [0.2, 0.25) is 0 Å². The zero-order chi connectivity index (χ0) is 13.2. The summed E-state index contributed by atoms with van der Waals surface area (Å²) in [4.78, 5) is 0. The van der Waals surface area contributed by atoms with Crippen molar-refractivity contribution in [1.29, 1.82) is 0 Å². The highest BCUT2D eigenvalue weighted by atomic mass is 16.5. The lowest BCUT2D eigenvalue weighted by Crippen LogP contribution is -2.32. The van der Waals surface area contributed by atoms with Crippen LogP contribution in [0.4, 0.5) is 0 Å². The summed E-state index contributed by atoms with van der Waals surface area (Å²) in [7, 11) is 5.32. The Morgan fingerprint density at radius 1 is 1.33 bits per heavy atom. The van der Waals surface area contributed by atoms with Gasteiger partial charge in [0.25, 0.3) is 0 Å². The van der Waals surface area contributed by atoms with E-state index in [0.717, 1.165) is 17.1 Å². The van der Waals surface area contributed by atoms with Crippen molar-refractivity contribution in [2.45, 2.75) is 18.9 Å². The molecule has 1 aromatic carbocycles. The first-order valence-electron chi connectivity index (χ1n) is 6.30. The van der Waals surface area contributed by atoms with Crippen molar-refractivity contribution in [2.75, 3.05) is 27.8 Å². The molecular weight excluding hydrogens is 228 g/mol. The molecule has 3 N–H and O–H groups in total. The van der Waals surface area contributed by atoms with Crippen LogP contribution >= 0.6 is 0 Å². The molecule has 1 aliphatic carbocycles. The van der Waals surface area contributed by atoms with E-state index in [4.69, 9.17) is 15.2 Å². The molecular formula is C14H22N2O2. The minimum Gasteiger partial charge on any atom is -0.497 e. The van der Waals surface area contributed by atoms with Gasteiger partial charge >= 0.3 is 0 Å². The second-order valence-electron chi connectivity index (χ2n) is 4.90. The predicted molar refractivity (Wildman–Crippen MR) is 72.1 cm³/mol. The Morgan fingerprint density at radius 2 is 2.06 bits per heavy atom. The van der Waals surface area contributed by atoms with Gasteiger partial charge in [0.15, 0.2) is 0 Å². The lowest BCUT2D eigenvalue weighted by atomic mass is 9.89. The second kappa shape index (κ2) is 5.16. The highest BCUT2D eigenvalue weighted by molar-refractivity contribution is 5.44. The number of ether oxygens (including phenoxy) is 2. The van der Waals surface area contributed by atoms with Crippen molar-refractivity contribution >= 4 is 0 Å². The first-order valence-corrected chi connectivity index (χ1v) is 6.30. The maximum Gasteiger partial charge on any atom is 0.127 e. The highest BCUT2D eigenvalue weighted by Crippen LogP contribution is 2.55. The summed E-state index contributed by atoms with van der Waals surface area (Å²) < 4.78 is 10.7. The van der Waals surface area contributed by atoms with E-state index in [-0.39, 0.29) is 11.5 Å². The Morgan fingerprint density at radius 3 is 2.50 bits per heavy atom. The van der Waals surface area contributed by atoms with Gasteiger partial charge in [0.1, 0.15) is 11.5 Å². The Labute approximate surface area is 108 Å². The lowest BCUT2D eigenvalue weighted by Gasteiger charge is -2.27. The molecule has 1 saturated carbocycles. The Hall–Kier alpha value is -1.26. The van der Waals surface area contributed by atoms with Crippen molar-refractivity contribution in [3.8, 4) is 11.5 Å². The first-order chi connectivity index (χ1) is 8.70. The van der Waals surface area contributed by atoms with Crippen LogP contribution in [-0.2, 0) is 0 Å². The topological polar surface area (TPSA) is 56.5 Å². The molecule has 100 valence electrons. The van der Waals surface area contributed by atoms with Crippen molar-refractivity contribution in [2.24, 2.45) is 11.1 Å². The van der Waals surface area contributed by atoms with Gasteiger partial charge < -0.3 is 20.5 Å². The molecule has 18 heavy (non-hydrogen) atoms.